The summed E-state index contributed by atoms with van der Waals surface area (Å²) in [4.78, 5) is 2.76. The molecule has 0 radical (unpaired) electrons. The van der Waals surface area contributed by atoms with Gasteiger partial charge in [0, 0.05) is 19.2 Å². The number of nitrogens with one attached hydrogen (secondary N) is 1. The fourth-order valence-corrected chi connectivity index (χ4v) is 3.60. The molecule has 1 saturated heterocycles. The van der Waals surface area contributed by atoms with Crippen molar-refractivity contribution in [1.29, 1.82) is 0 Å². The van der Waals surface area contributed by atoms with Crippen molar-refractivity contribution in [3.05, 3.63) is 18.2 Å². The zero-order chi connectivity index (χ0) is 16.2. The Balaban J connectivity index is 2.10. The Morgan fingerprint density at radius 3 is 2.41 bits per heavy atom. The van der Waals surface area contributed by atoms with Crippen molar-refractivity contribution < 1.29 is 17.9 Å². The van der Waals surface area contributed by atoms with Gasteiger partial charge < -0.3 is 15.2 Å². The summed E-state index contributed by atoms with van der Waals surface area (Å²) in [6.07, 6.45) is 1.79. The quantitative estimate of drug-likeness (QED) is 0.792. The van der Waals surface area contributed by atoms with Crippen molar-refractivity contribution in [2.45, 2.75) is 17.7 Å². The van der Waals surface area contributed by atoms with Gasteiger partial charge in [-0.05, 0) is 37.4 Å². The minimum atomic E-state index is -3.63. The third-order valence-corrected chi connectivity index (χ3v) is 5.24. The summed E-state index contributed by atoms with van der Waals surface area (Å²) >= 11 is 0. The average Bonchev–Trinajstić information content (AvgIpc) is 2.54. The largest absolute Gasteiger partial charge is 0.493 e. The van der Waals surface area contributed by atoms with Gasteiger partial charge in [0.2, 0.25) is 0 Å². The van der Waals surface area contributed by atoms with Gasteiger partial charge in [-0.3, -0.25) is 0 Å². The first-order valence-electron chi connectivity index (χ1n) is 7.19. The highest BCUT2D eigenvalue weighted by Gasteiger charge is 2.24. The topological polar surface area (TPSA) is 93.9 Å². The lowest BCUT2D eigenvalue weighted by Crippen LogP contribution is -2.47. The molecule has 7 nitrogen and oxygen atoms in total. The second-order valence-electron chi connectivity index (χ2n) is 5.28. The lowest BCUT2D eigenvalue weighted by atomic mass is 9.98. The molecule has 22 heavy (non-hydrogen) atoms. The third kappa shape index (κ3) is 3.89. The van der Waals surface area contributed by atoms with Crippen molar-refractivity contribution in [3.8, 4) is 11.5 Å². The number of nitrogens with two attached hydrogens (primary N) is 1. The Kier molecular flexibility index (Phi) is 5.63. The molecule has 0 atom stereocenters. The van der Waals surface area contributed by atoms with Crippen LogP contribution in [0.15, 0.2) is 23.1 Å². The third-order valence-electron chi connectivity index (χ3n) is 3.86. The van der Waals surface area contributed by atoms with E-state index in [2.05, 4.69) is 4.83 Å². The molecule has 3 N–H and O–H groups in total. The summed E-state index contributed by atoms with van der Waals surface area (Å²) < 4.78 is 35.2. The normalized spacial score (nSPS) is 17.4. The predicted molar refractivity (Wildman–Crippen MR) is 83.2 cm³/mol. The first kappa shape index (κ1) is 17.0. The molecule has 1 aliphatic rings. The highest BCUT2D eigenvalue weighted by molar-refractivity contribution is 7.89. The number of piperidine rings is 1. The van der Waals surface area contributed by atoms with E-state index < -0.39 is 10.0 Å². The van der Waals surface area contributed by atoms with E-state index in [9.17, 15) is 8.42 Å². The van der Waals surface area contributed by atoms with Gasteiger partial charge in [-0.25, -0.2) is 13.4 Å². The number of methoxy groups -OCH3 is 2. The number of ether oxygens (including phenoxy) is 2. The van der Waals surface area contributed by atoms with Gasteiger partial charge >= 0.3 is 0 Å². The molecule has 0 amide bonds. The van der Waals surface area contributed by atoms with Gasteiger partial charge in [-0.15, -0.1) is 4.83 Å². The maximum absolute atomic E-state index is 12.4. The number of hydrogen-bond acceptors (Lipinski definition) is 6. The molecule has 1 fully saturated rings. The smallest absolute Gasteiger partial charge is 0.253 e. The van der Waals surface area contributed by atoms with Crippen molar-refractivity contribution >= 4 is 10.0 Å². The predicted octanol–water partition coefficient (Wildman–Crippen LogP) is 0.568. The van der Waals surface area contributed by atoms with Crippen molar-refractivity contribution in [1.82, 2.24) is 9.84 Å². The molecule has 0 unspecified atom stereocenters. The van der Waals surface area contributed by atoms with Crippen LogP contribution in [0.1, 0.15) is 12.8 Å². The lowest BCUT2D eigenvalue weighted by Gasteiger charge is -2.31. The average molecular weight is 329 g/mol. The highest BCUT2D eigenvalue weighted by Crippen LogP contribution is 2.29. The molecule has 1 aromatic carbocycles. The van der Waals surface area contributed by atoms with Crippen molar-refractivity contribution in [2.24, 2.45) is 11.7 Å². The zero-order valence-corrected chi connectivity index (χ0v) is 13.7. The number of benzene rings is 1. The van der Waals surface area contributed by atoms with Gasteiger partial charge in [0.1, 0.15) is 0 Å². The van der Waals surface area contributed by atoms with E-state index in [4.69, 9.17) is 15.2 Å². The van der Waals surface area contributed by atoms with E-state index in [0.29, 0.717) is 37.1 Å². The molecular weight excluding hydrogens is 306 g/mol. The number of sulfonamides is 1. The Labute approximate surface area is 131 Å². The van der Waals surface area contributed by atoms with E-state index in [-0.39, 0.29) is 4.90 Å². The Bertz CT molecular complexity index is 598. The number of hydrogen-bond donors (Lipinski definition) is 2. The summed E-state index contributed by atoms with van der Waals surface area (Å²) in [5.41, 5.74) is 5.64. The van der Waals surface area contributed by atoms with Crippen LogP contribution in [0.3, 0.4) is 0 Å². The van der Waals surface area contributed by atoms with Crippen LogP contribution in [0.4, 0.5) is 0 Å². The van der Waals surface area contributed by atoms with E-state index in [0.717, 1.165) is 12.8 Å². The Morgan fingerprint density at radius 1 is 1.23 bits per heavy atom. The number of rotatable bonds is 6. The van der Waals surface area contributed by atoms with Crippen LogP contribution in [0, 0.1) is 5.92 Å². The summed E-state index contributed by atoms with van der Waals surface area (Å²) in [5, 5.41) is 1.72. The standard InChI is InChI=1S/C14H23N3O4S/c1-20-13-4-3-12(9-14(13)21-2)22(18,19)16-17-7-5-11(10-15)6-8-17/h3-4,9,11,16H,5-8,10,15H2,1-2H3. The second-order valence-corrected chi connectivity index (χ2v) is 6.94. The molecule has 8 heteroatoms. The van der Waals surface area contributed by atoms with Gasteiger partial charge in [-0.2, -0.15) is 0 Å². The fourth-order valence-electron chi connectivity index (χ4n) is 2.47. The summed E-state index contributed by atoms with van der Waals surface area (Å²) in [7, 11) is -0.655. The van der Waals surface area contributed by atoms with E-state index in [1.165, 1.54) is 26.4 Å². The summed E-state index contributed by atoms with van der Waals surface area (Å²) in [6.45, 7) is 1.97. The SMILES string of the molecule is COc1ccc(S(=O)(=O)NN2CCC(CN)CC2)cc1OC. The maximum atomic E-state index is 12.4. The summed E-state index contributed by atoms with van der Waals surface area (Å²) in [5.74, 6) is 1.35. The van der Waals surface area contributed by atoms with E-state index in [1.54, 1.807) is 11.1 Å². The van der Waals surface area contributed by atoms with Crippen LogP contribution >= 0.6 is 0 Å². The van der Waals surface area contributed by atoms with Crippen molar-refractivity contribution in [2.75, 3.05) is 33.9 Å². The molecule has 1 aliphatic heterocycles. The van der Waals surface area contributed by atoms with Gasteiger partial charge in [0.05, 0.1) is 19.1 Å². The van der Waals surface area contributed by atoms with E-state index in [1.807, 2.05) is 0 Å². The fraction of sp³-hybridized carbons (Fsp3) is 0.571. The maximum Gasteiger partial charge on any atom is 0.253 e. The minimum absolute atomic E-state index is 0.145. The molecule has 1 heterocycles. The van der Waals surface area contributed by atoms with Gasteiger partial charge in [0.25, 0.3) is 10.0 Å². The number of hydrazine groups is 1. The molecule has 0 spiro atoms. The molecule has 124 valence electrons. The zero-order valence-electron chi connectivity index (χ0n) is 12.9. The molecule has 0 aliphatic carbocycles. The molecule has 0 saturated carbocycles. The highest BCUT2D eigenvalue weighted by atomic mass is 32.2. The molecule has 2 rings (SSSR count). The molecule has 0 bridgehead atoms. The Morgan fingerprint density at radius 2 is 1.86 bits per heavy atom. The first-order chi connectivity index (χ1) is 10.5. The lowest BCUT2D eigenvalue weighted by molar-refractivity contribution is 0.163. The van der Waals surface area contributed by atoms with Gasteiger partial charge in [-0.1, -0.05) is 0 Å². The summed E-state index contributed by atoms with van der Waals surface area (Å²) in [6, 6.07) is 4.53. The van der Waals surface area contributed by atoms with Crippen LogP contribution in [0.25, 0.3) is 0 Å². The van der Waals surface area contributed by atoms with Crippen LogP contribution in [0.5, 0.6) is 11.5 Å². The van der Waals surface area contributed by atoms with Crippen LogP contribution in [-0.2, 0) is 10.0 Å². The van der Waals surface area contributed by atoms with E-state index >= 15 is 0 Å². The monoisotopic (exact) mass is 329 g/mol. The molecule has 1 aromatic rings. The van der Waals surface area contributed by atoms with Crippen LogP contribution in [0.2, 0.25) is 0 Å². The minimum Gasteiger partial charge on any atom is -0.493 e. The first-order valence-corrected chi connectivity index (χ1v) is 8.68. The molecule has 0 aromatic heterocycles. The Hall–Kier alpha value is -1.35. The second kappa shape index (κ2) is 7.28. The van der Waals surface area contributed by atoms with Crippen molar-refractivity contribution in [3.63, 3.8) is 0 Å². The van der Waals surface area contributed by atoms with Gasteiger partial charge in [0.15, 0.2) is 11.5 Å². The molecular formula is C14H23N3O4S. The number of nitrogens with zero attached hydrogens (tertiary/aromatic N) is 1. The van der Waals surface area contributed by atoms with Crippen LogP contribution in [-0.4, -0.2) is 47.3 Å². The van der Waals surface area contributed by atoms with Crippen LogP contribution < -0.4 is 20.0 Å².